The van der Waals surface area contributed by atoms with Crippen molar-refractivity contribution in [2.75, 3.05) is 5.73 Å². The number of carbonyl (C=O) groups is 3. The number of carboxylic acid groups (broad SMARTS) is 2. The van der Waals surface area contributed by atoms with Gasteiger partial charge in [0.05, 0.1) is 5.39 Å². The van der Waals surface area contributed by atoms with Crippen molar-refractivity contribution >= 4 is 34.8 Å². The van der Waals surface area contributed by atoms with Crippen LogP contribution in [0.4, 0.5) is 5.95 Å². The van der Waals surface area contributed by atoms with Crippen molar-refractivity contribution in [2.45, 2.75) is 31.7 Å². The van der Waals surface area contributed by atoms with Gasteiger partial charge in [0.25, 0.3) is 11.5 Å². The van der Waals surface area contributed by atoms with Gasteiger partial charge < -0.3 is 78.4 Å². The number of nitrogens with zero attached hydrogens (tertiary/aromatic N) is 1. The van der Waals surface area contributed by atoms with Gasteiger partial charge in [-0.2, -0.15) is 4.98 Å². The normalized spacial score (nSPS) is 8.76. The zero-order valence-corrected chi connectivity index (χ0v) is 29.1. The van der Waals surface area contributed by atoms with E-state index in [1.54, 1.807) is 30.5 Å². The first-order valence-electron chi connectivity index (χ1n) is 9.44. The van der Waals surface area contributed by atoms with Crippen LogP contribution in [-0.4, -0.2) is 98.3 Å². The van der Waals surface area contributed by atoms with Crippen molar-refractivity contribution in [1.82, 2.24) is 20.3 Å². The summed E-state index contributed by atoms with van der Waals surface area (Å²) < 4.78 is 0. The van der Waals surface area contributed by atoms with Gasteiger partial charge in [-0.15, -0.1) is 0 Å². The molecule has 0 aliphatic carbocycles. The third-order valence-electron chi connectivity index (χ3n) is 4.79. The molecule has 3 rings (SSSR count). The second-order valence-electron chi connectivity index (χ2n) is 6.98. The van der Waals surface area contributed by atoms with Gasteiger partial charge in [0, 0.05) is 18.2 Å². The number of carbonyl (C=O) groups excluding carboxylic acids is 1. The molecule has 25 N–H and O–H groups in total. The largest absolute Gasteiger partial charge is 1.00 e. The van der Waals surface area contributed by atoms with Crippen molar-refractivity contribution in [3.8, 4) is 0 Å². The van der Waals surface area contributed by atoms with E-state index in [1.165, 1.54) is 0 Å². The van der Waals surface area contributed by atoms with Crippen LogP contribution in [0.1, 0.15) is 37.2 Å². The first-order valence-corrected chi connectivity index (χ1v) is 9.44. The SMILES string of the molecule is Nc1nc2[nH]cc(CCc3ccc(C(=O)N[C@@H](CCC(=O)O)C(=O)O)cc3)c2c(=O)[nH]1.O.O.O.O.O.O.O.O.O.[H-].[H-].[K+].[K+]. The van der Waals surface area contributed by atoms with Crippen molar-refractivity contribution < 1.29 is 180 Å². The number of anilines is 1. The maximum atomic E-state index is 12.3. The van der Waals surface area contributed by atoms with Crippen LogP contribution in [0.25, 0.3) is 11.0 Å². The fourth-order valence-electron chi connectivity index (χ4n) is 3.19. The number of hydrogen-bond acceptors (Lipinski definition) is 6. The predicted octanol–water partition coefficient (Wildman–Crippen LogP) is -12.5. The second-order valence-corrected chi connectivity index (χ2v) is 6.98. The number of hydrogen-bond donors (Lipinski definition) is 6. The molecule has 22 heteroatoms. The van der Waals surface area contributed by atoms with Gasteiger partial charge in [0.1, 0.15) is 11.7 Å². The summed E-state index contributed by atoms with van der Waals surface area (Å²) in [5.41, 5.74) is 7.59. The number of amides is 1. The zero-order chi connectivity index (χ0) is 22.5. The Bertz CT molecular complexity index is 1220. The number of H-pyrrole nitrogens is 2. The van der Waals surface area contributed by atoms with Crippen molar-refractivity contribution in [1.29, 1.82) is 0 Å². The molecule has 0 saturated heterocycles. The summed E-state index contributed by atoms with van der Waals surface area (Å²) in [7, 11) is 0. The maximum absolute atomic E-state index is 12.3. The van der Waals surface area contributed by atoms with E-state index in [0.717, 1.165) is 11.1 Å². The number of benzene rings is 1. The van der Waals surface area contributed by atoms with E-state index in [4.69, 9.17) is 15.9 Å². The Morgan fingerprint density at radius 3 is 1.90 bits per heavy atom. The Morgan fingerprint density at radius 2 is 1.43 bits per heavy atom. The number of aliphatic carboxylic acids is 2. The number of rotatable bonds is 9. The van der Waals surface area contributed by atoms with Crippen LogP contribution < -0.4 is 119 Å². The molecular weight excluding hydrogens is 628 g/mol. The summed E-state index contributed by atoms with van der Waals surface area (Å²) in [6, 6.07) is 5.30. The minimum Gasteiger partial charge on any atom is -1.00 e. The average Bonchev–Trinajstić information content (AvgIpc) is 3.12. The number of aromatic nitrogens is 3. The van der Waals surface area contributed by atoms with Crippen LogP contribution in [0.2, 0.25) is 0 Å². The number of aryl methyl sites for hydroxylation is 2. The van der Waals surface area contributed by atoms with Gasteiger partial charge in [-0.1, -0.05) is 12.1 Å². The van der Waals surface area contributed by atoms with E-state index in [-0.39, 0.29) is 185 Å². The minimum atomic E-state index is -1.30. The molecule has 0 spiro atoms. The summed E-state index contributed by atoms with van der Waals surface area (Å²) in [5, 5.41) is 20.6. The van der Waals surface area contributed by atoms with Gasteiger partial charge in [0.15, 0.2) is 0 Å². The van der Waals surface area contributed by atoms with Crippen molar-refractivity contribution in [3.05, 3.63) is 57.5 Å². The molecule has 0 fully saturated rings. The number of aromatic amines is 2. The summed E-state index contributed by atoms with van der Waals surface area (Å²) in [6.45, 7) is 0. The monoisotopic (exact) mass is 669 g/mol. The summed E-state index contributed by atoms with van der Waals surface area (Å²) in [6.07, 6.45) is 2.27. The van der Waals surface area contributed by atoms with E-state index in [0.29, 0.717) is 23.9 Å². The molecule has 0 bridgehead atoms. The van der Waals surface area contributed by atoms with Gasteiger partial charge in [-0.05, 0) is 42.5 Å². The standard InChI is InChI=1S/C20H21N5O6.2K.9H2O.2H/c21-20-24-16-15(18(29)25-20)12(9-22-16)6-3-10-1-4-11(5-2-10)17(28)23-13(19(30)31)7-8-14(26)27;;;;;;;;;;;;;/h1-2,4-5,9,13H,3,6-8H2,(H,23,28)(H,26,27)(H,30,31)(H4,21,22,24,25,29);;;9*1H2;;/q;2*+1;;;;;;;;;;2*-1/t13-;;;;;;;;;;;;;/m0............./s1. The Labute approximate surface area is 325 Å². The zero-order valence-electron chi connectivity index (χ0n) is 24.8. The smallest absolute Gasteiger partial charge is 1.00 e. The summed E-state index contributed by atoms with van der Waals surface area (Å²) >= 11 is 0. The van der Waals surface area contributed by atoms with E-state index >= 15 is 0 Å². The minimum absolute atomic E-state index is 0. The Balaban J connectivity index is -0.0000000931. The van der Waals surface area contributed by atoms with Gasteiger partial charge >= 0.3 is 115 Å². The van der Waals surface area contributed by atoms with Crippen molar-refractivity contribution in [2.24, 2.45) is 0 Å². The molecule has 0 saturated carbocycles. The number of nitrogen functional groups attached to an aromatic ring is 1. The molecule has 0 radical (unpaired) electrons. The van der Waals surface area contributed by atoms with Crippen LogP contribution in [0.5, 0.6) is 0 Å². The molecule has 1 aromatic carbocycles. The molecule has 2 aromatic heterocycles. The van der Waals surface area contributed by atoms with Crippen LogP contribution in [0.3, 0.4) is 0 Å². The Hall–Kier alpha value is -1.24. The third-order valence-corrected chi connectivity index (χ3v) is 4.79. The fourth-order valence-corrected chi connectivity index (χ4v) is 3.19. The van der Waals surface area contributed by atoms with Crippen LogP contribution >= 0.6 is 0 Å². The first-order chi connectivity index (χ1) is 14.7. The maximum Gasteiger partial charge on any atom is 1.00 e. The van der Waals surface area contributed by atoms with Crippen LogP contribution in [0, 0.1) is 0 Å². The van der Waals surface area contributed by atoms with E-state index in [9.17, 15) is 19.2 Å². The molecular formula is C20H41K2N5O15. The molecule has 1 atom stereocenters. The fraction of sp³-hybridized carbons (Fsp3) is 0.250. The van der Waals surface area contributed by atoms with Gasteiger partial charge in [0.2, 0.25) is 5.95 Å². The number of carboxylic acids is 2. The van der Waals surface area contributed by atoms with Crippen molar-refractivity contribution in [3.63, 3.8) is 0 Å². The molecule has 2 heterocycles. The molecule has 0 aliphatic heterocycles. The molecule has 42 heavy (non-hydrogen) atoms. The number of nitrogens with two attached hydrogens (primary N) is 1. The summed E-state index contributed by atoms with van der Waals surface area (Å²) in [4.78, 5) is 55.7. The molecule has 20 nitrogen and oxygen atoms in total. The predicted molar refractivity (Wildman–Crippen MR) is 145 cm³/mol. The summed E-state index contributed by atoms with van der Waals surface area (Å²) in [5.74, 6) is -3.00. The topological polar surface area (TPSA) is 475 Å². The second kappa shape index (κ2) is 29.8. The molecule has 0 unspecified atom stereocenters. The number of fused-ring (bicyclic) bond motifs is 1. The Morgan fingerprint density at radius 1 is 0.905 bits per heavy atom. The van der Waals surface area contributed by atoms with Gasteiger partial charge in [-0.3, -0.25) is 19.4 Å². The van der Waals surface area contributed by atoms with Gasteiger partial charge in [-0.25, -0.2) is 4.79 Å². The molecule has 238 valence electrons. The quantitative estimate of drug-likeness (QED) is 0.118. The first kappa shape index (κ1) is 63.9. The van der Waals surface area contributed by atoms with E-state index < -0.39 is 23.9 Å². The molecule has 0 aliphatic rings. The number of nitrogens with one attached hydrogen (secondary N) is 3. The van der Waals surface area contributed by atoms with E-state index in [1.807, 2.05) is 0 Å². The average molecular weight is 670 g/mol. The molecule has 3 aromatic rings. The Kier molecular flexibility index (Phi) is 45.4. The van der Waals surface area contributed by atoms with Crippen LogP contribution in [-0.2, 0) is 22.4 Å². The third kappa shape index (κ3) is 17.8. The van der Waals surface area contributed by atoms with E-state index in [2.05, 4.69) is 20.3 Å². The van der Waals surface area contributed by atoms with Crippen LogP contribution in [0.15, 0.2) is 35.3 Å². The molecule has 1 amide bonds.